The predicted molar refractivity (Wildman–Crippen MR) is 67.9 cm³/mol. The fraction of sp³-hybridized carbons (Fsp3) is 0.667. The molecule has 0 bridgehead atoms. The van der Waals surface area contributed by atoms with Crippen LogP contribution in [0.3, 0.4) is 0 Å². The number of carbonyl (C=O) groups is 3. The van der Waals surface area contributed by atoms with Crippen LogP contribution in [0.5, 0.6) is 0 Å². The summed E-state index contributed by atoms with van der Waals surface area (Å²) in [4.78, 5) is 34.2. The lowest BCUT2D eigenvalue weighted by Gasteiger charge is -2.33. The lowest BCUT2D eigenvalue weighted by Crippen LogP contribution is -2.48. The minimum atomic E-state index is -0.980. The minimum absolute atomic E-state index is 0.0392. The molecule has 8 heteroatoms. The van der Waals surface area contributed by atoms with Crippen molar-refractivity contribution in [3.05, 3.63) is 0 Å². The fourth-order valence-corrected chi connectivity index (χ4v) is 2.22. The zero-order valence-electron chi connectivity index (χ0n) is 11.0. The van der Waals surface area contributed by atoms with E-state index in [9.17, 15) is 19.5 Å². The van der Waals surface area contributed by atoms with Crippen molar-refractivity contribution in [3.8, 4) is 0 Å². The van der Waals surface area contributed by atoms with E-state index in [-0.39, 0.29) is 31.0 Å². The number of rotatable bonds is 4. The molecule has 1 fully saturated rings. The quantitative estimate of drug-likeness (QED) is 0.627. The Labute approximate surface area is 115 Å². The number of carbonyl (C=O) groups excluding carboxylic acids is 2. The zero-order valence-corrected chi connectivity index (χ0v) is 11.0. The number of nitrogens with zero attached hydrogens (tertiary/aromatic N) is 1. The molecular formula is C12H17N3O5. The van der Waals surface area contributed by atoms with Crippen LogP contribution < -0.4 is 10.7 Å². The molecule has 8 nitrogen and oxygen atoms in total. The van der Waals surface area contributed by atoms with Crippen LogP contribution >= 0.6 is 0 Å². The smallest absolute Gasteiger partial charge is 0.311 e. The molecule has 2 rings (SSSR count). The van der Waals surface area contributed by atoms with Crippen molar-refractivity contribution >= 4 is 23.5 Å². The molecule has 0 aromatic heterocycles. The Balaban J connectivity index is 1.94. The molecule has 110 valence electrons. The Bertz CT molecular complexity index is 454. The van der Waals surface area contributed by atoms with E-state index in [1.54, 1.807) is 0 Å². The second-order valence-corrected chi connectivity index (χ2v) is 4.97. The molecule has 0 aromatic rings. The summed E-state index contributed by atoms with van der Waals surface area (Å²) < 4.78 is 5.16. The van der Waals surface area contributed by atoms with Crippen molar-refractivity contribution in [2.45, 2.75) is 25.7 Å². The predicted octanol–water partition coefficient (Wildman–Crippen LogP) is -0.750. The van der Waals surface area contributed by atoms with Crippen LogP contribution in [0.15, 0.2) is 5.10 Å². The van der Waals surface area contributed by atoms with Crippen LogP contribution in [-0.2, 0) is 19.1 Å². The Morgan fingerprint density at radius 3 is 2.60 bits per heavy atom. The van der Waals surface area contributed by atoms with Gasteiger partial charge in [0.15, 0.2) is 0 Å². The number of ether oxygens (including phenoxy) is 1. The molecule has 20 heavy (non-hydrogen) atoms. The Morgan fingerprint density at radius 1 is 1.35 bits per heavy atom. The molecule has 2 heterocycles. The summed E-state index contributed by atoms with van der Waals surface area (Å²) in [5.41, 5.74) is 1.47. The first kappa shape index (κ1) is 14.4. The molecule has 2 amide bonds. The maximum Gasteiger partial charge on any atom is 0.311 e. The van der Waals surface area contributed by atoms with Gasteiger partial charge >= 0.3 is 5.97 Å². The van der Waals surface area contributed by atoms with Gasteiger partial charge in [-0.25, -0.2) is 5.43 Å². The standard InChI is InChI=1S/C12H17N3O5/c16-9-2-1-8(14-15-9)10(17)13-7-12(11(18)19)3-5-20-6-4-12/h1-7H2,(H,13,17)(H,15,16)(H,18,19). The summed E-state index contributed by atoms with van der Waals surface area (Å²) in [5, 5.41) is 15.6. The summed E-state index contributed by atoms with van der Waals surface area (Å²) in [6, 6.07) is 0. The van der Waals surface area contributed by atoms with Gasteiger partial charge in [0, 0.05) is 32.6 Å². The SMILES string of the molecule is O=C1CCC(C(=O)NCC2(C(=O)O)CCOCC2)=NN1. The molecule has 0 radical (unpaired) electrons. The maximum absolute atomic E-state index is 11.9. The third kappa shape index (κ3) is 3.13. The minimum Gasteiger partial charge on any atom is -0.481 e. The molecule has 0 atom stereocenters. The Hall–Kier alpha value is -1.96. The first-order valence-corrected chi connectivity index (χ1v) is 6.48. The van der Waals surface area contributed by atoms with E-state index in [1.807, 2.05) is 0 Å². The van der Waals surface area contributed by atoms with Crippen molar-refractivity contribution < 1.29 is 24.2 Å². The Morgan fingerprint density at radius 2 is 2.05 bits per heavy atom. The summed E-state index contributed by atoms with van der Waals surface area (Å²) >= 11 is 0. The molecule has 0 saturated carbocycles. The van der Waals surface area contributed by atoms with Gasteiger partial charge in [-0.2, -0.15) is 5.10 Å². The van der Waals surface area contributed by atoms with Crippen molar-refractivity contribution in [3.63, 3.8) is 0 Å². The number of aliphatic carboxylic acids is 1. The summed E-state index contributed by atoms with van der Waals surface area (Å²) in [5.74, 6) is -1.59. The molecule has 0 unspecified atom stereocenters. The van der Waals surface area contributed by atoms with Crippen LogP contribution in [0.25, 0.3) is 0 Å². The van der Waals surface area contributed by atoms with E-state index in [4.69, 9.17) is 4.74 Å². The van der Waals surface area contributed by atoms with Crippen LogP contribution in [0.2, 0.25) is 0 Å². The van der Waals surface area contributed by atoms with Gasteiger partial charge < -0.3 is 15.2 Å². The van der Waals surface area contributed by atoms with Crippen LogP contribution in [0.4, 0.5) is 0 Å². The monoisotopic (exact) mass is 283 g/mol. The van der Waals surface area contributed by atoms with Crippen molar-refractivity contribution in [1.82, 2.24) is 10.7 Å². The van der Waals surface area contributed by atoms with Crippen molar-refractivity contribution in [1.29, 1.82) is 0 Å². The van der Waals surface area contributed by atoms with E-state index in [0.717, 1.165) is 0 Å². The highest BCUT2D eigenvalue weighted by atomic mass is 16.5. The number of nitrogens with one attached hydrogen (secondary N) is 2. The number of hydrogen-bond acceptors (Lipinski definition) is 5. The molecule has 2 aliphatic heterocycles. The van der Waals surface area contributed by atoms with E-state index in [1.165, 1.54) is 0 Å². The Kier molecular flexibility index (Phi) is 4.33. The summed E-state index contributed by atoms with van der Waals surface area (Å²) in [7, 11) is 0. The average molecular weight is 283 g/mol. The topological polar surface area (TPSA) is 117 Å². The van der Waals surface area contributed by atoms with Gasteiger partial charge in [0.25, 0.3) is 5.91 Å². The van der Waals surface area contributed by atoms with E-state index in [0.29, 0.717) is 26.1 Å². The second kappa shape index (κ2) is 6.00. The molecule has 0 spiro atoms. The molecular weight excluding hydrogens is 266 g/mol. The number of carboxylic acids is 1. The second-order valence-electron chi connectivity index (χ2n) is 4.97. The third-order valence-electron chi connectivity index (χ3n) is 3.66. The normalized spacial score (nSPS) is 21.6. The molecule has 2 aliphatic rings. The first-order valence-electron chi connectivity index (χ1n) is 6.48. The van der Waals surface area contributed by atoms with Gasteiger partial charge in [-0.3, -0.25) is 14.4 Å². The third-order valence-corrected chi connectivity index (χ3v) is 3.66. The summed E-state index contributed by atoms with van der Waals surface area (Å²) in [6.07, 6.45) is 1.21. The van der Waals surface area contributed by atoms with Crippen LogP contribution in [-0.4, -0.2) is 48.4 Å². The van der Waals surface area contributed by atoms with Crippen LogP contribution in [0.1, 0.15) is 25.7 Å². The molecule has 1 saturated heterocycles. The van der Waals surface area contributed by atoms with E-state index in [2.05, 4.69) is 15.8 Å². The molecule has 3 N–H and O–H groups in total. The van der Waals surface area contributed by atoms with Gasteiger partial charge in [0.1, 0.15) is 5.71 Å². The number of amides is 2. The van der Waals surface area contributed by atoms with Gasteiger partial charge in [-0.1, -0.05) is 0 Å². The fourth-order valence-electron chi connectivity index (χ4n) is 2.22. The number of hydrogen-bond donors (Lipinski definition) is 3. The summed E-state index contributed by atoms with van der Waals surface area (Å²) in [6.45, 7) is 0.788. The number of hydrazone groups is 1. The number of carboxylic acid groups (broad SMARTS) is 1. The first-order chi connectivity index (χ1) is 9.53. The molecule has 0 aromatic carbocycles. The van der Waals surface area contributed by atoms with Gasteiger partial charge in [-0.15, -0.1) is 0 Å². The molecule has 0 aliphatic carbocycles. The van der Waals surface area contributed by atoms with Crippen molar-refractivity contribution in [2.24, 2.45) is 10.5 Å². The lowest BCUT2D eigenvalue weighted by molar-refractivity contribution is -0.154. The average Bonchev–Trinajstić information content (AvgIpc) is 2.46. The zero-order chi connectivity index (χ0) is 14.6. The van der Waals surface area contributed by atoms with Gasteiger partial charge in [0.05, 0.1) is 5.41 Å². The largest absolute Gasteiger partial charge is 0.481 e. The van der Waals surface area contributed by atoms with Crippen LogP contribution in [0, 0.1) is 5.41 Å². The highest BCUT2D eigenvalue weighted by molar-refractivity contribution is 6.39. The lowest BCUT2D eigenvalue weighted by atomic mass is 9.80. The van der Waals surface area contributed by atoms with Gasteiger partial charge in [0.2, 0.25) is 5.91 Å². The van der Waals surface area contributed by atoms with Gasteiger partial charge in [-0.05, 0) is 12.8 Å². The van der Waals surface area contributed by atoms with E-state index < -0.39 is 17.3 Å². The highest BCUT2D eigenvalue weighted by Gasteiger charge is 2.40. The van der Waals surface area contributed by atoms with E-state index >= 15 is 0 Å². The van der Waals surface area contributed by atoms with Crippen molar-refractivity contribution in [2.75, 3.05) is 19.8 Å². The maximum atomic E-state index is 11.9. The highest BCUT2D eigenvalue weighted by Crippen LogP contribution is 2.30.